The van der Waals surface area contributed by atoms with Crippen LogP contribution < -0.4 is 5.84 Å². The van der Waals surface area contributed by atoms with E-state index in [0.717, 1.165) is 33.3 Å². The van der Waals surface area contributed by atoms with Crippen molar-refractivity contribution >= 4 is 28.6 Å². The van der Waals surface area contributed by atoms with E-state index in [9.17, 15) is 4.79 Å². The normalized spacial score (nSPS) is 20.8. The molecule has 1 unspecified atom stereocenters. The molecule has 1 atom stereocenters. The van der Waals surface area contributed by atoms with Gasteiger partial charge in [0.15, 0.2) is 5.78 Å². The van der Waals surface area contributed by atoms with Crippen molar-refractivity contribution in [3.63, 3.8) is 0 Å². The standard InChI is InChI=1S/C27H19N4O/c28-31-16-15-29-17-24(31)25(18-9-6-10-18)30-27(31)23-14-13-22(20-11-4-5-12-21(20)23)26(32)19-7-2-1-3-8-19/h1-17H,28H2/q+1. The maximum absolute atomic E-state index is 13.3. The van der Waals surface area contributed by atoms with E-state index < -0.39 is 0 Å². The molecule has 1 aliphatic carbocycles. The first-order chi connectivity index (χ1) is 15.7. The summed E-state index contributed by atoms with van der Waals surface area (Å²) < 4.78 is -0.0556. The summed E-state index contributed by atoms with van der Waals surface area (Å²) in [5, 5.41) is 1.81. The first kappa shape index (κ1) is 18.6. The van der Waals surface area contributed by atoms with Crippen LogP contribution in [0.15, 0.2) is 124 Å². The van der Waals surface area contributed by atoms with Crippen LogP contribution >= 0.6 is 0 Å². The number of amidine groups is 1. The summed E-state index contributed by atoms with van der Waals surface area (Å²) in [6.45, 7) is 0. The molecule has 0 radical (unpaired) electrons. The fraction of sp³-hybridized carbons (Fsp3) is 0. The Balaban J connectivity index is 1.54. The van der Waals surface area contributed by atoms with Gasteiger partial charge in [-0.05, 0) is 22.9 Å². The Bertz CT molecular complexity index is 1490. The minimum Gasteiger partial charge on any atom is -0.289 e. The predicted octanol–water partition coefficient (Wildman–Crippen LogP) is 4.78. The van der Waals surface area contributed by atoms with Gasteiger partial charge < -0.3 is 0 Å². The van der Waals surface area contributed by atoms with Crippen molar-refractivity contribution in [3.8, 4) is 0 Å². The summed E-state index contributed by atoms with van der Waals surface area (Å²) in [5.74, 6) is 7.58. The number of rotatable bonds is 4. The van der Waals surface area contributed by atoms with Crippen LogP contribution in [0, 0.1) is 0 Å². The van der Waals surface area contributed by atoms with Gasteiger partial charge in [0.05, 0.1) is 18.0 Å². The van der Waals surface area contributed by atoms with Crippen molar-refractivity contribution in [3.05, 3.63) is 131 Å². The van der Waals surface area contributed by atoms with Crippen LogP contribution in [0.4, 0.5) is 0 Å². The second-order valence-electron chi connectivity index (χ2n) is 7.91. The van der Waals surface area contributed by atoms with Gasteiger partial charge in [0, 0.05) is 16.7 Å². The summed E-state index contributed by atoms with van der Waals surface area (Å²) in [6.07, 6.45) is 11.3. The predicted molar refractivity (Wildman–Crippen MR) is 127 cm³/mol. The topological polar surface area (TPSA) is 67.8 Å². The van der Waals surface area contributed by atoms with Gasteiger partial charge in [-0.3, -0.25) is 9.79 Å². The Morgan fingerprint density at radius 1 is 0.906 bits per heavy atom. The van der Waals surface area contributed by atoms with Crippen molar-refractivity contribution in [2.75, 3.05) is 0 Å². The molecule has 2 aliphatic heterocycles. The fourth-order valence-corrected chi connectivity index (χ4v) is 4.36. The van der Waals surface area contributed by atoms with E-state index in [0.29, 0.717) is 17.0 Å². The van der Waals surface area contributed by atoms with Crippen LogP contribution in [0.25, 0.3) is 10.8 Å². The van der Waals surface area contributed by atoms with Crippen LogP contribution in [0.3, 0.4) is 0 Å². The van der Waals surface area contributed by atoms with Crippen LogP contribution in [-0.4, -0.2) is 22.4 Å². The number of carbonyl (C=O) groups is 1. The van der Waals surface area contributed by atoms with E-state index in [-0.39, 0.29) is 10.4 Å². The van der Waals surface area contributed by atoms with Gasteiger partial charge in [-0.2, -0.15) is 10.8 Å². The number of fused-ring (bicyclic) bond motifs is 2. The zero-order chi connectivity index (χ0) is 21.7. The van der Waals surface area contributed by atoms with Crippen LogP contribution in [-0.2, 0) is 0 Å². The third-order valence-electron chi connectivity index (χ3n) is 6.06. The number of benzene rings is 3. The lowest BCUT2D eigenvalue weighted by Crippen LogP contribution is -2.53. The molecule has 0 saturated carbocycles. The number of ketones is 1. The van der Waals surface area contributed by atoms with Crippen LogP contribution in [0.5, 0.6) is 0 Å². The number of nitrogens with two attached hydrogens (primary N) is 1. The number of quaternary nitrogens is 1. The number of allylic oxidation sites excluding steroid dienone is 4. The van der Waals surface area contributed by atoms with E-state index in [1.807, 2.05) is 91.2 Å². The molecule has 3 aliphatic rings. The molecule has 2 N–H and O–H groups in total. The Labute approximate surface area is 185 Å². The van der Waals surface area contributed by atoms with Gasteiger partial charge in [0.2, 0.25) is 5.70 Å². The summed E-state index contributed by atoms with van der Waals surface area (Å²) in [7, 11) is 0. The Kier molecular flexibility index (Phi) is 4.01. The minimum atomic E-state index is -0.0556. The molecule has 0 spiro atoms. The molecule has 3 aromatic rings. The Hall–Kier alpha value is -4.19. The van der Waals surface area contributed by atoms with Gasteiger partial charge in [0.1, 0.15) is 11.9 Å². The number of aliphatic imine (C=N–C) groups is 2. The first-order valence-electron chi connectivity index (χ1n) is 10.4. The maximum Gasteiger partial charge on any atom is 0.265 e. The van der Waals surface area contributed by atoms with Gasteiger partial charge in [-0.1, -0.05) is 72.8 Å². The summed E-state index contributed by atoms with van der Waals surface area (Å²) in [4.78, 5) is 22.5. The number of nitrogens with zero attached hydrogens (tertiary/aromatic N) is 3. The molecule has 0 saturated heterocycles. The van der Waals surface area contributed by atoms with E-state index in [1.54, 1.807) is 12.4 Å². The molecule has 0 fully saturated rings. The molecule has 6 rings (SSSR count). The second-order valence-corrected chi connectivity index (χ2v) is 7.91. The van der Waals surface area contributed by atoms with E-state index in [1.165, 1.54) is 0 Å². The highest BCUT2D eigenvalue weighted by molar-refractivity contribution is 6.20. The monoisotopic (exact) mass is 415 g/mol. The van der Waals surface area contributed by atoms with Crippen molar-refractivity contribution in [1.82, 2.24) is 0 Å². The zero-order valence-corrected chi connectivity index (χ0v) is 17.1. The largest absolute Gasteiger partial charge is 0.289 e. The average molecular weight is 415 g/mol. The number of hydrogen-bond donors (Lipinski definition) is 1. The number of carbonyl (C=O) groups excluding carboxylic acids is 1. The molecule has 5 heteroatoms. The molecule has 32 heavy (non-hydrogen) atoms. The van der Waals surface area contributed by atoms with Crippen LogP contribution in [0.2, 0.25) is 0 Å². The molecular formula is C27H19N4O+. The first-order valence-corrected chi connectivity index (χ1v) is 10.4. The molecule has 0 amide bonds. The average Bonchev–Trinajstić information content (AvgIpc) is 3.10. The molecule has 2 heterocycles. The highest BCUT2D eigenvalue weighted by Crippen LogP contribution is 2.38. The van der Waals surface area contributed by atoms with Crippen molar-refractivity contribution < 1.29 is 9.39 Å². The summed E-state index contributed by atoms with van der Waals surface area (Å²) in [6, 6.07) is 21.1. The van der Waals surface area contributed by atoms with Gasteiger partial charge in [0.25, 0.3) is 5.84 Å². The third kappa shape index (κ3) is 2.62. The Morgan fingerprint density at radius 3 is 2.41 bits per heavy atom. The van der Waals surface area contributed by atoms with Crippen LogP contribution in [0.1, 0.15) is 21.5 Å². The minimum absolute atomic E-state index is 0.00683. The summed E-state index contributed by atoms with van der Waals surface area (Å²) >= 11 is 0. The molecule has 152 valence electrons. The summed E-state index contributed by atoms with van der Waals surface area (Å²) in [5.41, 5.74) is 4.90. The smallest absolute Gasteiger partial charge is 0.265 e. The Morgan fingerprint density at radius 2 is 1.66 bits per heavy atom. The lowest BCUT2D eigenvalue weighted by Gasteiger charge is -2.27. The van der Waals surface area contributed by atoms with Crippen molar-refractivity contribution in [2.45, 2.75) is 0 Å². The molecule has 0 bridgehead atoms. The molecule has 0 aromatic heterocycles. The van der Waals surface area contributed by atoms with E-state index >= 15 is 0 Å². The maximum atomic E-state index is 13.3. The highest BCUT2D eigenvalue weighted by Gasteiger charge is 2.45. The quantitative estimate of drug-likeness (QED) is 0.378. The van der Waals surface area contributed by atoms with Crippen molar-refractivity contribution in [2.24, 2.45) is 15.8 Å². The number of hydrogen-bond acceptors (Lipinski definition) is 4. The van der Waals surface area contributed by atoms with Gasteiger partial charge >= 0.3 is 0 Å². The fourth-order valence-electron chi connectivity index (χ4n) is 4.36. The zero-order valence-electron chi connectivity index (χ0n) is 17.1. The van der Waals surface area contributed by atoms with E-state index in [4.69, 9.17) is 10.8 Å². The highest BCUT2D eigenvalue weighted by atomic mass is 16.1. The lowest BCUT2D eigenvalue weighted by molar-refractivity contribution is -0.750. The SMILES string of the molecule is N[N+]12C=CN=CC1=C(C1=CC=C1)N=C2c1ccc(C(=O)c2ccccc2)c2ccccc12. The second kappa shape index (κ2) is 6.92. The lowest BCUT2D eigenvalue weighted by atomic mass is 9.93. The molecular weight excluding hydrogens is 396 g/mol. The third-order valence-corrected chi connectivity index (χ3v) is 6.06. The molecule has 3 aromatic carbocycles. The molecule has 5 nitrogen and oxygen atoms in total. The van der Waals surface area contributed by atoms with Crippen molar-refractivity contribution in [1.29, 1.82) is 0 Å². The van der Waals surface area contributed by atoms with Gasteiger partial charge in [-0.15, -0.1) is 4.59 Å². The van der Waals surface area contributed by atoms with E-state index in [2.05, 4.69) is 4.99 Å². The van der Waals surface area contributed by atoms with Gasteiger partial charge in [-0.25, -0.2) is 0 Å².